The first-order valence-electron chi connectivity index (χ1n) is 12.5. The Morgan fingerprint density at radius 2 is 1.77 bits per heavy atom. The lowest BCUT2D eigenvalue weighted by Gasteiger charge is -2.38. The summed E-state index contributed by atoms with van der Waals surface area (Å²) in [6.45, 7) is 5.97. The average molecular weight is 499 g/mol. The van der Waals surface area contributed by atoms with Crippen LogP contribution in [0.25, 0.3) is 10.4 Å². The van der Waals surface area contributed by atoms with E-state index < -0.39 is 12.0 Å². The number of nitrogens with zero attached hydrogens (tertiary/aromatic N) is 2. The fraction of sp³-hybridized carbons (Fsp3) is 0.519. The molecule has 35 heavy (non-hydrogen) atoms. The van der Waals surface area contributed by atoms with Crippen molar-refractivity contribution in [1.29, 1.82) is 0 Å². The fourth-order valence-corrected chi connectivity index (χ4v) is 6.06. The number of carboxylic acid groups (broad SMARTS) is 1. The van der Waals surface area contributed by atoms with Gasteiger partial charge in [0.1, 0.15) is 10.9 Å². The van der Waals surface area contributed by atoms with Crippen LogP contribution in [-0.2, 0) is 14.3 Å². The van der Waals surface area contributed by atoms with Crippen LogP contribution in [0, 0.1) is 11.8 Å². The summed E-state index contributed by atoms with van der Waals surface area (Å²) < 4.78 is 5.41. The van der Waals surface area contributed by atoms with E-state index in [9.17, 15) is 19.5 Å². The molecule has 1 aromatic heterocycles. The monoisotopic (exact) mass is 498 g/mol. The van der Waals surface area contributed by atoms with Gasteiger partial charge in [0.05, 0.1) is 18.9 Å². The molecule has 4 rings (SSSR count). The van der Waals surface area contributed by atoms with E-state index in [1.54, 1.807) is 11.0 Å². The standard InChI is InChI=1S/C27H34N2O5S/c1-3-21(26(31)28-13-15-34-16-14-28)29(25(30)20-11-9-18(2)10-12-20)22-17-23(35-24(22)27(32)33)19-7-5-4-6-8-19/h4-8,17-18,20-21H,3,9-16H2,1-2H3,(H,32,33)/t18-,20-,21-/m0/s1. The molecule has 1 atom stereocenters. The maximum atomic E-state index is 14.1. The highest BCUT2D eigenvalue weighted by molar-refractivity contribution is 7.18. The molecule has 2 heterocycles. The van der Waals surface area contributed by atoms with Gasteiger partial charge in [-0.25, -0.2) is 4.79 Å². The number of hydrogen-bond acceptors (Lipinski definition) is 5. The van der Waals surface area contributed by atoms with Crippen molar-refractivity contribution in [2.75, 3.05) is 31.2 Å². The maximum absolute atomic E-state index is 14.1. The van der Waals surface area contributed by atoms with Crippen LogP contribution in [0.5, 0.6) is 0 Å². The fourth-order valence-electron chi connectivity index (χ4n) is 5.06. The van der Waals surface area contributed by atoms with E-state index in [1.165, 1.54) is 4.90 Å². The van der Waals surface area contributed by atoms with Gasteiger partial charge in [0.15, 0.2) is 0 Å². The Morgan fingerprint density at radius 3 is 2.37 bits per heavy atom. The largest absolute Gasteiger partial charge is 0.477 e. The normalized spacial score (nSPS) is 21.4. The number of hydrogen-bond donors (Lipinski definition) is 1. The van der Waals surface area contributed by atoms with Crippen molar-refractivity contribution in [2.24, 2.45) is 11.8 Å². The van der Waals surface area contributed by atoms with Crippen molar-refractivity contribution < 1.29 is 24.2 Å². The molecule has 1 saturated carbocycles. The Hall–Kier alpha value is -2.71. The highest BCUT2D eigenvalue weighted by Crippen LogP contribution is 2.40. The third-order valence-corrected chi connectivity index (χ3v) is 8.29. The number of carbonyl (C=O) groups is 3. The summed E-state index contributed by atoms with van der Waals surface area (Å²) in [5, 5.41) is 10.1. The first kappa shape index (κ1) is 25.4. The van der Waals surface area contributed by atoms with Crippen LogP contribution in [0.3, 0.4) is 0 Å². The van der Waals surface area contributed by atoms with Gasteiger partial charge < -0.3 is 14.7 Å². The minimum atomic E-state index is -1.09. The summed E-state index contributed by atoms with van der Waals surface area (Å²) in [7, 11) is 0. The van der Waals surface area contributed by atoms with Gasteiger partial charge in [-0.2, -0.15) is 0 Å². The molecule has 0 spiro atoms. The minimum absolute atomic E-state index is 0.0922. The number of amides is 2. The van der Waals surface area contributed by atoms with Crippen LogP contribution in [0.4, 0.5) is 5.69 Å². The minimum Gasteiger partial charge on any atom is -0.477 e. The number of thiophene rings is 1. The summed E-state index contributed by atoms with van der Waals surface area (Å²) in [4.78, 5) is 44.2. The maximum Gasteiger partial charge on any atom is 0.348 e. The Kier molecular flexibility index (Phi) is 8.23. The van der Waals surface area contributed by atoms with Crippen molar-refractivity contribution >= 4 is 34.8 Å². The number of anilines is 1. The molecule has 0 radical (unpaired) electrons. The molecule has 2 aromatic rings. The van der Waals surface area contributed by atoms with Crippen LogP contribution in [0.1, 0.15) is 55.6 Å². The molecule has 2 aliphatic rings. The summed E-state index contributed by atoms with van der Waals surface area (Å²) in [6.07, 6.45) is 3.85. The summed E-state index contributed by atoms with van der Waals surface area (Å²) in [5.41, 5.74) is 1.22. The highest BCUT2D eigenvalue weighted by atomic mass is 32.1. The van der Waals surface area contributed by atoms with E-state index in [4.69, 9.17) is 4.74 Å². The highest BCUT2D eigenvalue weighted by Gasteiger charge is 2.39. The molecule has 1 saturated heterocycles. The third-order valence-electron chi connectivity index (χ3n) is 7.13. The number of ether oxygens (including phenoxy) is 1. The van der Waals surface area contributed by atoms with Crippen molar-refractivity contribution in [2.45, 2.75) is 52.0 Å². The van der Waals surface area contributed by atoms with Gasteiger partial charge in [0.2, 0.25) is 11.8 Å². The second-order valence-corrected chi connectivity index (χ2v) is 10.6. The lowest BCUT2D eigenvalue weighted by Crippen LogP contribution is -2.55. The molecule has 0 bridgehead atoms. The lowest BCUT2D eigenvalue weighted by atomic mass is 9.82. The smallest absolute Gasteiger partial charge is 0.348 e. The molecule has 1 N–H and O–H groups in total. The van der Waals surface area contributed by atoms with E-state index in [1.807, 2.05) is 37.3 Å². The van der Waals surface area contributed by atoms with Gasteiger partial charge >= 0.3 is 5.97 Å². The van der Waals surface area contributed by atoms with Gasteiger partial charge in [0, 0.05) is 23.9 Å². The molecule has 7 nitrogen and oxygen atoms in total. The molecule has 1 aliphatic carbocycles. The van der Waals surface area contributed by atoms with Gasteiger partial charge in [-0.3, -0.25) is 14.5 Å². The van der Waals surface area contributed by atoms with E-state index >= 15 is 0 Å². The number of morpholine rings is 1. The van der Waals surface area contributed by atoms with Crippen LogP contribution in [0.2, 0.25) is 0 Å². The number of benzene rings is 1. The van der Waals surface area contributed by atoms with Gasteiger partial charge in [-0.15, -0.1) is 11.3 Å². The van der Waals surface area contributed by atoms with Gasteiger partial charge in [0.25, 0.3) is 0 Å². The Labute approximate surface area is 210 Å². The predicted octanol–water partition coefficient (Wildman–Crippen LogP) is 4.91. The topological polar surface area (TPSA) is 87.2 Å². The van der Waals surface area contributed by atoms with Gasteiger partial charge in [-0.1, -0.05) is 44.2 Å². The third kappa shape index (κ3) is 5.59. The Balaban J connectivity index is 1.77. The first-order chi connectivity index (χ1) is 16.9. The predicted molar refractivity (Wildman–Crippen MR) is 137 cm³/mol. The zero-order valence-corrected chi connectivity index (χ0v) is 21.3. The van der Waals surface area contributed by atoms with Crippen molar-refractivity contribution in [3.8, 4) is 10.4 Å². The molecular weight excluding hydrogens is 464 g/mol. The van der Waals surface area contributed by atoms with Crippen LogP contribution in [-0.4, -0.2) is 60.1 Å². The number of rotatable bonds is 7. The second-order valence-electron chi connectivity index (χ2n) is 9.52. The number of carbonyl (C=O) groups excluding carboxylic acids is 2. The molecule has 1 aliphatic heterocycles. The zero-order chi connectivity index (χ0) is 24.9. The lowest BCUT2D eigenvalue weighted by molar-refractivity contribution is -0.139. The van der Waals surface area contributed by atoms with Crippen molar-refractivity contribution in [3.05, 3.63) is 41.3 Å². The summed E-state index contributed by atoms with van der Waals surface area (Å²) >= 11 is 1.15. The Bertz CT molecular complexity index is 1040. The summed E-state index contributed by atoms with van der Waals surface area (Å²) in [6, 6.07) is 10.6. The number of aromatic carboxylic acids is 1. The van der Waals surface area contributed by atoms with E-state index in [0.717, 1.165) is 47.5 Å². The SMILES string of the molecule is CC[C@@H](C(=O)N1CCOCC1)N(c1cc(-c2ccccc2)sc1C(=O)O)C(=O)[C@H]1CC[C@H](C)CC1. The summed E-state index contributed by atoms with van der Waals surface area (Å²) in [5.74, 6) is -0.998. The molecule has 2 fully saturated rings. The first-order valence-corrected chi connectivity index (χ1v) is 13.3. The van der Waals surface area contributed by atoms with Crippen molar-refractivity contribution in [3.63, 3.8) is 0 Å². The average Bonchev–Trinajstić information content (AvgIpc) is 3.33. The second kappa shape index (κ2) is 11.4. The quantitative estimate of drug-likeness (QED) is 0.586. The Morgan fingerprint density at radius 1 is 1.11 bits per heavy atom. The molecular formula is C27H34N2O5S. The molecule has 1 aromatic carbocycles. The van der Waals surface area contributed by atoms with E-state index in [2.05, 4.69) is 6.92 Å². The van der Waals surface area contributed by atoms with Gasteiger partial charge in [-0.05, 0) is 49.7 Å². The molecule has 2 amide bonds. The number of carboxylic acids is 1. The molecule has 8 heteroatoms. The van der Waals surface area contributed by atoms with Crippen LogP contribution in [0.15, 0.2) is 36.4 Å². The van der Waals surface area contributed by atoms with Crippen LogP contribution >= 0.6 is 11.3 Å². The van der Waals surface area contributed by atoms with E-state index in [0.29, 0.717) is 44.3 Å². The van der Waals surface area contributed by atoms with E-state index in [-0.39, 0.29) is 22.6 Å². The van der Waals surface area contributed by atoms with Crippen LogP contribution < -0.4 is 4.90 Å². The zero-order valence-electron chi connectivity index (χ0n) is 20.4. The molecule has 0 unspecified atom stereocenters. The molecule has 188 valence electrons. The van der Waals surface area contributed by atoms with Crippen molar-refractivity contribution in [1.82, 2.24) is 4.90 Å².